The van der Waals surface area contributed by atoms with Crippen molar-refractivity contribution in [2.45, 2.75) is 63.6 Å². The maximum Gasteiger partial charge on any atom is 0.328 e. The Hall–Kier alpha value is -4.21. The Morgan fingerprint density at radius 3 is 2.39 bits per heavy atom. The quantitative estimate of drug-likeness (QED) is 0.268. The first kappa shape index (κ1) is 34.3. The van der Waals surface area contributed by atoms with Crippen molar-refractivity contribution in [1.29, 1.82) is 5.26 Å². The van der Waals surface area contributed by atoms with E-state index in [2.05, 4.69) is 16.7 Å². The van der Waals surface area contributed by atoms with Crippen LogP contribution >= 0.6 is 11.8 Å². The molecule has 0 saturated carbocycles. The minimum absolute atomic E-state index is 0.0300. The lowest BCUT2D eigenvalue weighted by atomic mass is 9.99. The minimum atomic E-state index is -0.955. The molecular weight excluding hydrogens is 582 g/mol. The molecule has 3 amide bonds. The van der Waals surface area contributed by atoms with Gasteiger partial charge in [-0.3, -0.25) is 19.2 Å². The van der Waals surface area contributed by atoms with Gasteiger partial charge in [-0.15, -0.1) is 0 Å². The van der Waals surface area contributed by atoms with Gasteiger partial charge in [-0.05, 0) is 48.9 Å². The number of nitrogens with two attached hydrogens (primary N) is 1. The van der Waals surface area contributed by atoms with Crippen LogP contribution < -0.4 is 16.4 Å². The molecule has 0 aliphatic carbocycles. The molecule has 0 spiro atoms. The molecule has 1 heterocycles. The molecule has 4 atom stereocenters. The average molecular weight is 622 g/mol. The van der Waals surface area contributed by atoms with Crippen LogP contribution in [0.2, 0.25) is 0 Å². The van der Waals surface area contributed by atoms with Gasteiger partial charge < -0.3 is 26.0 Å². The topological polar surface area (TPSA) is 172 Å². The fourth-order valence-electron chi connectivity index (χ4n) is 4.94. The van der Waals surface area contributed by atoms with E-state index in [1.54, 1.807) is 24.3 Å². The first-order valence-corrected chi connectivity index (χ1v) is 15.5. The van der Waals surface area contributed by atoms with Crippen molar-refractivity contribution in [1.82, 2.24) is 10.2 Å². The van der Waals surface area contributed by atoms with Gasteiger partial charge in [0.1, 0.15) is 12.1 Å². The number of rotatable bonds is 14. The highest BCUT2D eigenvalue weighted by Gasteiger charge is 2.32. The number of carbonyl (C=O) groups excluding carboxylic acids is 5. The molecule has 1 aliphatic heterocycles. The summed E-state index contributed by atoms with van der Waals surface area (Å²) in [6.45, 7) is 1.94. The lowest BCUT2D eigenvalue weighted by Gasteiger charge is -2.23. The summed E-state index contributed by atoms with van der Waals surface area (Å²) < 4.78 is 4.94. The molecule has 1 saturated heterocycles. The molecule has 234 valence electrons. The molecule has 3 rings (SSSR count). The normalized spacial score (nSPS) is 16.2. The predicted octanol–water partition coefficient (Wildman–Crippen LogP) is 2.59. The van der Waals surface area contributed by atoms with E-state index >= 15 is 0 Å². The Balaban J connectivity index is 1.56. The lowest BCUT2D eigenvalue weighted by molar-refractivity contribution is -0.145. The van der Waals surface area contributed by atoms with Crippen LogP contribution in [0.3, 0.4) is 0 Å². The van der Waals surface area contributed by atoms with Crippen molar-refractivity contribution >= 4 is 46.3 Å². The van der Waals surface area contributed by atoms with Gasteiger partial charge in [0.05, 0.1) is 25.1 Å². The van der Waals surface area contributed by atoms with Gasteiger partial charge in [0.15, 0.2) is 5.12 Å². The van der Waals surface area contributed by atoms with E-state index in [-0.39, 0.29) is 47.9 Å². The summed E-state index contributed by atoms with van der Waals surface area (Å²) in [7, 11) is 1.25. The summed E-state index contributed by atoms with van der Waals surface area (Å²) in [4.78, 5) is 64.0. The standard InChI is InChI=1S/C32H39N5O6S/c1-21(38)44-20-24(17-22-7-4-3-5-8-22)30(40)36-28(32(42)43-2)18-23-10-12-25(13-11-23)35-29(39)15-14-27(34)31(41)37-16-6-9-26(37)19-33/h3-5,7-8,10-13,24,26-28H,6,9,14-18,20,34H2,1-2H3,(H,35,39)(H,36,40). The molecule has 1 aliphatic rings. The Morgan fingerprint density at radius 2 is 1.75 bits per heavy atom. The Labute approximate surface area is 261 Å². The number of esters is 1. The molecular formula is C32H39N5O6S. The number of hydrogen-bond donors (Lipinski definition) is 3. The number of anilines is 1. The number of benzene rings is 2. The van der Waals surface area contributed by atoms with Gasteiger partial charge in [0, 0.05) is 37.8 Å². The van der Waals surface area contributed by atoms with E-state index in [1.807, 2.05) is 30.3 Å². The molecule has 44 heavy (non-hydrogen) atoms. The van der Waals surface area contributed by atoms with Crippen LogP contribution in [0.15, 0.2) is 54.6 Å². The molecule has 2 aromatic rings. The summed E-state index contributed by atoms with van der Waals surface area (Å²) >= 11 is 1.06. The van der Waals surface area contributed by atoms with Crippen LogP contribution in [0.25, 0.3) is 0 Å². The van der Waals surface area contributed by atoms with E-state index in [1.165, 1.54) is 18.9 Å². The second-order valence-corrected chi connectivity index (χ2v) is 11.9. The third-order valence-electron chi connectivity index (χ3n) is 7.35. The first-order valence-electron chi connectivity index (χ1n) is 14.5. The second-order valence-electron chi connectivity index (χ2n) is 10.7. The Bertz CT molecular complexity index is 1350. The maximum absolute atomic E-state index is 13.3. The molecule has 1 fully saturated rings. The van der Waals surface area contributed by atoms with Gasteiger partial charge in [0.2, 0.25) is 17.7 Å². The summed E-state index contributed by atoms with van der Waals surface area (Å²) in [5.74, 6) is -1.85. The zero-order valence-corrected chi connectivity index (χ0v) is 25.8. The number of nitriles is 1. The third-order valence-corrected chi connectivity index (χ3v) is 8.32. The van der Waals surface area contributed by atoms with Crippen LogP contribution in [0.4, 0.5) is 5.69 Å². The van der Waals surface area contributed by atoms with E-state index in [0.717, 1.165) is 29.3 Å². The second kappa shape index (κ2) is 17.2. The SMILES string of the molecule is COC(=O)C(Cc1ccc(NC(=O)CCC(N)C(=O)N2CCCC2C#N)cc1)NC(=O)C(CSC(C)=O)Cc1ccccc1. The van der Waals surface area contributed by atoms with Gasteiger partial charge in [-0.25, -0.2) is 4.79 Å². The summed E-state index contributed by atoms with van der Waals surface area (Å²) in [6, 6.07) is 16.1. The molecule has 12 heteroatoms. The van der Waals surface area contributed by atoms with Crippen LogP contribution in [-0.4, -0.2) is 71.2 Å². The number of methoxy groups -OCH3 is 1. The predicted molar refractivity (Wildman–Crippen MR) is 167 cm³/mol. The number of likely N-dealkylation sites (tertiary alicyclic amines) is 1. The van der Waals surface area contributed by atoms with E-state index < -0.39 is 30.0 Å². The van der Waals surface area contributed by atoms with Gasteiger partial charge in [0.25, 0.3) is 0 Å². The van der Waals surface area contributed by atoms with Crippen LogP contribution in [0.5, 0.6) is 0 Å². The van der Waals surface area contributed by atoms with Gasteiger partial charge in [-0.2, -0.15) is 5.26 Å². The molecule has 4 N–H and O–H groups in total. The maximum atomic E-state index is 13.3. The largest absolute Gasteiger partial charge is 0.467 e. The number of ether oxygens (including phenoxy) is 1. The van der Waals surface area contributed by atoms with Crippen molar-refractivity contribution in [2.75, 3.05) is 24.7 Å². The number of thioether (sulfide) groups is 1. The number of carbonyl (C=O) groups is 5. The van der Waals surface area contributed by atoms with Crippen LogP contribution in [-0.2, 0) is 41.6 Å². The zero-order chi connectivity index (χ0) is 32.1. The number of amides is 3. The summed E-state index contributed by atoms with van der Waals surface area (Å²) in [6.07, 6.45) is 2.13. The van der Waals surface area contributed by atoms with E-state index in [9.17, 15) is 29.2 Å². The fraction of sp³-hybridized carbons (Fsp3) is 0.438. The zero-order valence-electron chi connectivity index (χ0n) is 25.0. The van der Waals surface area contributed by atoms with Crippen molar-refractivity contribution in [3.63, 3.8) is 0 Å². The fourth-order valence-corrected chi connectivity index (χ4v) is 5.65. The highest BCUT2D eigenvalue weighted by molar-refractivity contribution is 8.13. The lowest BCUT2D eigenvalue weighted by Crippen LogP contribution is -2.46. The summed E-state index contributed by atoms with van der Waals surface area (Å²) in [5, 5.41) is 14.7. The highest BCUT2D eigenvalue weighted by atomic mass is 32.2. The van der Waals surface area contributed by atoms with Crippen molar-refractivity contribution in [3.8, 4) is 6.07 Å². The monoisotopic (exact) mass is 621 g/mol. The number of nitrogens with zero attached hydrogens (tertiary/aromatic N) is 2. The van der Waals surface area contributed by atoms with E-state index in [0.29, 0.717) is 25.1 Å². The average Bonchev–Trinajstić information content (AvgIpc) is 3.51. The minimum Gasteiger partial charge on any atom is -0.467 e. The Morgan fingerprint density at radius 1 is 1.07 bits per heavy atom. The Kier molecular flexibility index (Phi) is 13.4. The van der Waals surface area contributed by atoms with E-state index in [4.69, 9.17) is 10.5 Å². The molecule has 11 nitrogen and oxygen atoms in total. The van der Waals surface area contributed by atoms with Gasteiger partial charge in [-0.1, -0.05) is 54.2 Å². The molecule has 0 aromatic heterocycles. The smallest absolute Gasteiger partial charge is 0.328 e. The molecule has 2 aromatic carbocycles. The molecule has 0 bridgehead atoms. The third kappa shape index (κ3) is 10.5. The molecule has 4 unspecified atom stereocenters. The number of nitrogens with one attached hydrogen (secondary N) is 2. The van der Waals surface area contributed by atoms with Crippen LogP contribution in [0, 0.1) is 17.2 Å². The van der Waals surface area contributed by atoms with Crippen molar-refractivity contribution in [3.05, 3.63) is 65.7 Å². The number of hydrogen-bond acceptors (Lipinski definition) is 9. The van der Waals surface area contributed by atoms with Gasteiger partial charge >= 0.3 is 5.97 Å². The first-order chi connectivity index (χ1) is 21.1. The molecule has 0 radical (unpaired) electrons. The summed E-state index contributed by atoms with van der Waals surface area (Å²) in [5.41, 5.74) is 8.20. The van der Waals surface area contributed by atoms with Crippen molar-refractivity contribution in [2.24, 2.45) is 11.7 Å². The van der Waals surface area contributed by atoms with Crippen LogP contribution in [0.1, 0.15) is 43.7 Å². The highest BCUT2D eigenvalue weighted by Crippen LogP contribution is 2.19. The van der Waals surface area contributed by atoms with Crippen molar-refractivity contribution < 1.29 is 28.7 Å².